The van der Waals surface area contributed by atoms with Crippen molar-refractivity contribution in [1.29, 1.82) is 5.26 Å². The van der Waals surface area contributed by atoms with E-state index in [-0.39, 0.29) is 0 Å². The van der Waals surface area contributed by atoms with Gasteiger partial charge in [0.05, 0.1) is 11.6 Å². The minimum Gasteiger partial charge on any atom is -0.208 e. The largest absolute Gasteiger partial charge is 0.208 e. The predicted octanol–water partition coefficient (Wildman–Crippen LogP) is 11.7. The van der Waals surface area contributed by atoms with E-state index in [1.807, 2.05) is 36.4 Å². The van der Waals surface area contributed by atoms with Gasteiger partial charge in [0.25, 0.3) is 0 Å². The number of nitrogens with zero attached hydrogens (tertiary/aromatic N) is 4. The van der Waals surface area contributed by atoms with Crippen molar-refractivity contribution in [3.05, 3.63) is 151 Å². The van der Waals surface area contributed by atoms with E-state index < -0.39 is 0 Å². The molecule has 0 radical (unpaired) electrons. The Labute approximate surface area is 304 Å². The van der Waals surface area contributed by atoms with Crippen LogP contribution in [0.5, 0.6) is 0 Å². The van der Waals surface area contributed by atoms with E-state index in [9.17, 15) is 5.26 Å². The van der Waals surface area contributed by atoms with Crippen molar-refractivity contribution < 1.29 is 0 Å². The van der Waals surface area contributed by atoms with Crippen LogP contribution in [0, 0.1) is 29.1 Å². The highest BCUT2D eigenvalue weighted by Crippen LogP contribution is 2.60. The van der Waals surface area contributed by atoms with Crippen LogP contribution in [0.1, 0.15) is 49.7 Å². The van der Waals surface area contributed by atoms with Crippen molar-refractivity contribution >= 4 is 10.8 Å². The SMILES string of the molecule is N#Cc1cccc2c(-c3nc(-c4ccc(C56CC7CC(CC(C7)C5)C6)cc4)nc(-c4cccc(-c5ccccc5)c4)n3)ccc(-c3ccccc3)c12. The molecule has 4 nitrogen and oxygen atoms in total. The average Bonchev–Trinajstić information content (AvgIpc) is 3.20. The van der Waals surface area contributed by atoms with Gasteiger partial charge in [0.2, 0.25) is 0 Å². The van der Waals surface area contributed by atoms with E-state index in [1.165, 1.54) is 44.1 Å². The zero-order chi connectivity index (χ0) is 34.6. The molecule has 4 bridgehead atoms. The summed E-state index contributed by atoms with van der Waals surface area (Å²) in [4.78, 5) is 15.5. The van der Waals surface area contributed by atoms with Crippen LogP contribution in [0.4, 0.5) is 0 Å². The maximum absolute atomic E-state index is 10.3. The third-order valence-corrected chi connectivity index (χ3v) is 12.1. The fourth-order valence-corrected chi connectivity index (χ4v) is 10.2. The van der Waals surface area contributed by atoms with Gasteiger partial charge in [-0.15, -0.1) is 0 Å². The summed E-state index contributed by atoms with van der Waals surface area (Å²) in [5.74, 6) is 4.57. The highest BCUT2D eigenvalue weighted by molar-refractivity contribution is 6.07. The van der Waals surface area contributed by atoms with Crippen molar-refractivity contribution in [3.63, 3.8) is 0 Å². The molecule has 0 spiro atoms. The molecule has 4 aliphatic rings. The summed E-state index contributed by atoms with van der Waals surface area (Å²) >= 11 is 0. The summed E-state index contributed by atoms with van der Waals surface area (Å²) in [6.07, 6.45) is 8.34. The van der Waals surface area contributed by atoms with E-state index in [2.05, 4.69) is 109 Å². The lowest BCUT2D eigenvalue weighted by Crippen LogP contribution is -2.48. The molecule has 11 rings (SSSR count). The average molecular weight is 671 g/mol. The molecule has 7 aromatic rings. The molecule has 6 aromatic carbocycles. The fourth-order valence-electron chi connectivity index (χ4n) is 10.2. The number of fused-ring (bicyclic) bond motifs is 1. The Balaban J connectivity index is 1.13. The topological polar surface area (TPSA) is 62.5 Å². The Morgan fingerprint density at radius 2 is 1.04 bits per heavy atom. The van der Waals surface area contributed by atoms with Gasteiger partial charge in [-0.1, -0.05) is 121 Å². The lowest BCUT2D eigenvalue weighted by atomic mass is 9.48. The van der Waals surface area contributed by atoms with E-state index >= 15 is 0 Å². The zero-order valence-corrected chi connectivity index (χ0v) is 29.0. The molecule has 1 aromatic heterocycles. The maximum Gasteiger partial charge on any atom is 0.164 e. The van der Waals surface area contributed by atoms with Crippen LogP contribution in [0.25, 0.3) is 67.2 Å². The third-order valence-electron chi connectivity index (χ3n) is 12.1. The smallest absolute Gasteiger partial charge is 0.164 e. The van der Waals surface area contributed by atoms with Gasteiger partial charge in [0, 0.05) is 22.1 Å². The summed E-state index contributed by atoms with van der Waals surface area (Å²) in [6, 6.07) is 50.9. The molecule has 250 valence electrons. The molecule has 52 heavy (non-hydrogen) atoms. The highest BCUT2D eigenvalue weighted by Gasteiger charge is 2.51. The zero-order valence-electron chi connectivity index (χ0n) is 29.0. The van der Waals surface area contributed by atoms with Crippen molar-refractivity contribution in [2.24, 2.45) is 17.8 Å². The van der Waals surface area contributed by atoms with Gasteiger partial charge in [-0.2, -0.15) is 5.26 Å². The van der Waals surface area contributed by atoms with E-state index in [0.717, 1.165) is 67.5 Å². The van der Waals surface area contributed by atoms with E-state index in [0.29, 0.717) is 28.5 Å². The van der Waals surface area contributed by atoms with Gasteiger partial charge in [0.15, 0.2) is 17.5 Å². The molecule has 4 heteroatoms. The number of aromatic nitrogens is 3. The van der Waals surface area contributed by atoms with E-state index in [4.69, 9.17) is 15.0 Å². The Morgan fingerprint density at radius 1 is 0.481 bits per heavy atom. The molecule has 0 unspecified atom stereocenters. The number of rotatable bonds is 6. The quantitative estimate of drug-likeness (QED) is 0.177. The van der Waals surface area contributed by atoms with E-state index in [1.54, 1.807) is 0 Å². The van der Waals surface area contributed by atoms with Crippen LogP contribution < -0.4 is 0 Å². The van der Waals surface area contributed by atoms with Crippen LogP contribution >= 0.6 is 0 Å². The molecular formula is C48H38N4. The van der Waals surface area contributed by atoms with Crippen LogP contribution in [0.15, 0.2) is 140 Å². The molecule has 0 saturated heterocycles. The first-order valence-corrected chi connectivity index (χ1v) is 18.7. The summed E-state index contributed by atoms with van der Waals surface area (Å²) in [6.45, 7) is 0. The normalized spacial score (nSPS) is 21.6. The molecule has 1 heterocycles. The Bertz CT molecular complexity index is 2460. The maximum atomic E-state index is 10.3. The van der Waals surface area contributed by atoms with Crippen molar-refractivity contribution in [1.82, 2.24) is 15.0 Å². The van der Waals surface area contributed by atoms with Gasteiger partial charge in [0.1, 0.15) is 0 Å². The Hall–Kier alpha value is -5.92. The minimum atomic E-state index is 0.332. The molecule has 0 amide bonds. The summed E-state index contributed by atoms with van der Waals surface area (Å²) in [5, 5.41) is 12.1. The van der Waals surface area contributed by atoms with Gasteiger partial charge in [-0.3, -0.25) is 0 Å². The molecular weight excluding hydrogens is 633 g/mol. The van der Waals surface area contributed by atoms with Crippen LogP contribution in [0.2, 0.25) is 0 Å². The Morgan fingerprint density at radius 3 is 1.71 bits per heavy atom. The molecule has 0 atom stereocenters. The summed E-state index contributed by atoms with van der Waals surface area (Å²) in [7, 11) is 0. The third kappa shape index (κ3) is 5.31. The number of nitriles is 1. The lowest BCUT2D eigenvalue weighted by Gasteiger charge is -2.57. The van der Waals surface area contributed by atoms with Gasteiger partial charge in [-0.25, -0.2) is 15.0 Å². The summed E-state index contributed by atoms with van der Waals surface area (Å²) < 4.78 is 0. The Kier molecular flexibility index (Phi) is 7.35. The van der Waals surface area contributed by atoms with Crippen LogP contribution in [-0.4, -0.2) is 15.0 Å². The molecule has 4 saturated carbocycles. The minimum absolute atomic E-state index is 0.332. The van der Waals surface area contributed by atoms with Gasteiger partial charge < -0.3 is 0 Å². The first-order chi connectivity index (χ1) is 25.6. The van der Waals surface area contributed by atoms with Crippen molar-refractivity contribution in [3.8, 4) is 62.5 Å². The number of benzene rings is 6. The molecule has 4 fully saturated rings. The second kappa shape index (κ2) is 12.4. The fraction of sp³-hybridized carbons (Fsp3) is 0.208. The molecule has 0 aliphatic heterocycles. The lowest BCUT2D eigenvalue weighted by molar-refractivity contribution is -0.00518. The molecule has 0 N–H and O–H groups in total. The van der Waals surface area contributed by atoms with Crippen LogP contribution in [0.3, 0.4) is 0 Å². The second-order valence-electron chi connectivity index (χ2n) is 15.4. The van der Waals surface area contributed by atoms with Gasteiger partial charge >= 0.3 is 0 Å². The monoisotopic (exact) mass is 670 g/mol. The standard InChI is InChI=1S/C48H38N4/c49-30-39-15-8-16-42-43(22-21-41(44(39)42)35-11-5-2-6-12-35)47-51-45(50-46(52-47)38-14-7-13-37(26-38)34-9-3-1-4-10-34)36-17-19-40(20-18-36)48-27-31-23-32(28-48)25-33(24-31)29-48/h1-22,26,31-33H,23-25,27-29H2. The van der Waals surface area contributed by atoms with Crippen LogP contribution in [-0.2, 0) is 5.41 Å². The van der Waals surface area contributed by atoms with Crippen molar-refractivity contribution in [2.75, 3.05) is 0 Å². The molecule has 4 aliphatic carbocycles. The predicted molar refractivity (Wildman–Crippen MR) is 209 cm³/mol. The summed E-state index contributed by atoms with van der Waals surface area (Å²) in [5.41, 5.74) is 9.58. The first kappa shape index (κ1) is 30.9. The highest BCUT2D eigenvalue weighted by atomic mass is 15.0. The first-order valence-electron chi connectivity index (χ1n) is 18.7. The number of hydrogen-bond acceptors (Lipinski definition) is 4. The van der Waals surface area contributed by atoms with Gasteiger partial charge in [-0.05, 0) is 113 Å². The second-order valence-corrected chi connectivity index (χ2v) is 15.4. The van der Waals surface area contributed by atoms with Crippen molar-refractivity contribution in [2.45, 2.75) is 43.9 Å². The number of hydrogen-bond donors (Lipinski definition) is 0.